The molecule has 0 radical (unpaired) electrons. The van der Waals surface area contributed by atoms with E-state index in [1.54, 1.807) is 6.08 Å². The summed E-state index contributed by atoms with van der Waals surface area (Å²) in [5, 5.41) is 0. The summed E-state index contributed by atoms with van der Waals surface area (Å²) in [7, 11) is 0. The highest BCUT2D eigenvalue weighted by atomic mass is 16.5. The lowest BCUT2D eigenvalue weighted by Gasteiger charge is -2.37. The number of primary amides is 1. The van der Waals surface area contributed by atoms with Crippen LogP contribution in [-0.2, 0) is 11.3 Å². The first kappa shape index (κ1) is 24.8. The van der Waals surface area contributed by atoms with Gasteiger partial charge in [-0.15, -0.1) is 0 Å². The third-order valence-electron chi connectivity index (χ3n) is 7.48. The minimum atomic E-state index is -0.456. The molecule has 37 heavy (non-hydrogen) atoms. The van der Waals surface area contributed by atoms with Gasteiger partial charge in [0.1, 0.15) is 28.7 Å². The van der Waals surface area contributed by atoms with Gasteiger partial charge in [0.05, 0.1) is 0 Å². The number of hydrogen-bond acceptors (Lipinski definition) is 4. The number of imidazole rings is 1. The molecule has 1 atom stereocenters. The number of amides is 2. The monoisotopic (exact) mass is 498 g/mol. The Bertz CT molecular complexity index is 1270. The highest BCUT2D eigenvalue weighted by Gasteiger charge is 2.36. The van der Waals surface area contributed by atoms with E-state index in [1.165, 1.54) is 0 Å². The smallest absolute Gasteiger partial charge is 0.267 e. The van der Waals surface area contributed by atoms with Crippen LogP contribution in [0.3, 0.4) is 0 Å². The number of likely N-dealkylation sites (tertiary alicyclic amines) is 1. The fraction of sp³-hybridized carbons (Fsp3) is 0.367. The van der Waals surface area contributed by atoms with E-state index >= 15 is 0 Å². The molecule has 5 rings (SSSR count). The van der Waals surface area contributed by atoms with Gasteiger partial charge >= 0.3 is 0 Å². The highest BCUT2D eigenvalue weighted by molar-refractivity contribution is 5.97. The molecular formula is C30H34N4O3. The average Bonchev–Trinajstić information content (AvgIpc) is 3.33. The van der Waals surface area contributed by atoms with E-state index in [1.807, 2.05) is 77.1 Å². The Kier molecular flexibility index (Phi) is 7.40. The number of carbonyl (C=O) groups is 2. The van der Waals surface area contributed by atoms with Crippen molar-refractivity contribution < 1.29 is 14.3 Å². The van der Waals surface area contributed by atoms with Gasteiger partial charge in [0.25, 0.3) is 5.91 Å². The van der Waals surface area contributed by atoms with Crippen LogP contribution in [0.4, 0.5) is 0 Å². The van der Waals surface area contributed by atoms with Gasteiger partial charge in [-0.1, -0.05) is 31.2 Å². The molecule has 1 aromatic heterocycles. The highest BCUT2D eigenvalue weighted by Crippen LogP contribution is 2.41. The number of allylic oxidation sites excluding steroid dienone is 1. The molecule has 1 unspecified atom stereocenters. The summed E-state index contributed by atoms with van der Waals surface area (Å²) in [5.41, 5.74) is 7.86. The lowest BCUT2D eigenvalue weighted by Crippen LogP contribution is -2.39. The molecule has 3 aromatic rings. The van der Waals surface area contributed by atoms with Crippen LogP contribution in [0.2, 0.25) is 0 Å². The van der Waals surface area contributed by atoms with Crippen molar-refractivity contribution in [3.8, 4) is 22.8 Å². The predicted molar refractivity (Wildman–Crippen MR) is 143 cm³/mol. The molecule has 0 saturated carbocycles. The Hall–Kier alpha value is -3.87. The van der Waals surface area contributed by atoms with Gasteiger partial charge < -0.3 is 19.9 Å². The third-order valence-corrected chi connectivity index (χ3v) is 7.48. The van der Waals surface area contributed by atoms with Crippen molar-refractivity contribution in [1.29, 1.82) is 0 Å². The number of piperidine rings is 1. The van der Waals surface area contributed by atoms with Crippen LogP contribution in [-0.4, -0.2) is 39.4 Å². The Morgan fingerprint density at radius 3 is 2.38 bits per heavy atom. The first-order valence-electron chi connectivity index (χ1n) is 13.2. The fourth-order valence-electron chi connectivity index (χ4n) is 5.63. The summed E-state index contributed by atoms with van der Waals surface area (Å²) in [5.74, 6) is 2.76. The van der Waals surface area contributed by atoms with Gasteiger partial charge in [0.15, 0.2) is 0 Å². The molecule has 2 N–H and O–H groups in total. The summed E-state index contributed by atoms with van der Waals surface area (Å²) >= 11 is 0. The van der Waals surface area contributed by atoms with Crippen LogP contribution < -0.4 is 10.5 Å². The minimum Gasteiger partial charge on any atom is -0.457 e. The molecule has 1 saturated heterocycles. The zero-order chi connectivity index (χ0) is 25.8. The van der Waals surface area contributed by atoms with E-state index in [2.05, 4.69) is 0 Å². The van der Waals surface area contributed by atoms with Crippen LogP contribution in [0, 0.1) is 5.92 Å². The number of fused-ring (bicyclic) bond motifs is 1. The summed E-state index contributed by atoms with van der Waals surface area (Å²) in [6.45, 7) is 4.29. The van der Waals surface area contributed by atoms with Crippen molar-refractivity contribution >= 4 is 11.8 Å². The lowest BCUT2D eigenvalue weighted by molar-refractivity contribution is -0.127. The van der Waals surface area contributed by atoms with Crippen molar-refractivity contribution in [2.45, 2.75) is 51.5 Å². The van der Waals surface area contributed by atoms with Crippen molar-refractivity contribution in [1.82, 2.24) is 14.5 Å². The maximum absolute atomic E-state index is 12.6. The molecule has 2 aliphatic heterocycles. The molecule has 2 aliphatic rings. The number of rotatable bonds is 7. The molecule has 7 heteroatoms. The van der Waals surface area contributed by atoms with Crippen LogP contribution in [0.1, 0.15) is 61.3 Å². The lowest BCUT2D eigenvalue weighted by atomic mass is 9.79. The third kappa shape index (κ3) is 5.31. The van der Waals surface area contributed by atoms with Gasteiger partial charge in [0, 0.05) is 31.1 Å². The Morgan fingerprint density at radius 2 is 1.70 bits per heavy atom. The van der Waals surface area contributed by atoms with E-state index in [-0.39, 0.29) is 11.8 Å². The topological polar surface area (TPSA) is 90.4 Å². The van der Waals surface area contributed by atoms with Crippen LogP contribution in [0.15, 0.2) is 66.7 Å². The van der Waals surface area contributed by atoms with Gasteiger partial charge in [-0.3, -0.25) is 9.59 Å². The normalized spacial score (nSPS) is 18.1. The first-order valence-corrected chi connectivity index (χ1v) is 13.2. The number of nitrogens with two attached hydrogens (primary N) is 1. The summed E-state index contributed by atoms with van der Waals surface area (Å²) < 4.78 is 7.97. The molecule has 7 nitrogen and oxygen atoms in total. The fourth-order valence-corrected chi connectivity index (χ4v) is 5.63. The molecule has 3 heterocycles. The standard InChI is InChI=1S/C30H34N4O3/c1-2-3-11-26(35)33-19-16-21(17-20-33)25-10-7-18-34-28(29(31)36)27(32-30(25)34)22-12-14-24(15-13-22)37-23-8-5-4-6-9-23/h3-6,8-9,11-15,21,25H,2,7,10,16-20H2,1H3,(H2,31,36)/b11-3+. The second-order valence-corrected chi connectivity index (χ2v) is 9.84. The van der Waals surface area contributed by atoms with E-state index in [9.17, 15) is 9.59 Å². The van der Waals surface area contributed by atoms with E-state index in [0.29, 0.717) is 23.1 Å². The Balaban J connectivity index is 1.37. The van der Waals surface area contributed by atoms with Gasteiger partial charge in [-0.25, -0.2) is 4.98 Å². The van der Waals surface area contributed by atoms with Crippen molar-refractivity contribution in [3.63, 3.8) is 0 Å². The Morgan fingerprint density at radius 1 is 1.00 bits per heavy atom. The molecular weight excluding hydrogens is 464 g/mol. The number of aromatic nitrogens is 2. The summed E-state index contributed by atoms with van der Waals surface area (Å²) in [4.78, 5) is 32.0. The first-order chi connectivity index (χ1) is 18.0. The van der Waals surface area contributed by atoms with Crippen molar-refractivity contribution in [2.24, 2.45) is 11.7 Å². The number of hydrogen-bond donors (Lipinski definition) is 1. The van der Waals surface area contributed by atoms with Crippen LogP contribution in [0.5, 0.6) is 11.5 Å². The van der Waals surface area contributed by atoms with Crippen LogP contribution in [0.25, 0.3) is 11.3 Å². The number of para-hydroxylation sites is 1. The summed E-state index contributed by atoms with van der Waals surface area (Å²) in [6.07, 6.45) is 8.36. The zero-order valence-electron chi connectivity index (χ0n) is 21.3. The van der Waals surface area contributed by atoms with E-state index < -0.39 is 5.91 Å². The SMILES string of the molecule is CC/C=C/C(=O)N1CCC(C2CCCn3c2nc(-c2ccc(Oc4ccccc4)cc2)c3C(N)=O)CC1. The zero-order valence-corrected chi connectivity index (χ0v) is 21.3. The molecule has 0 aliphatic carbocycles. The largest absolute Gasteiger partial charge is 0.457 e. The molecule has 2 amide bonds. The maximum atomic E-state index is 12.6. The predicted octanol–water partition coefficient (Wildman–Crippen LogP) is 5.52. The van der Waals surface area contributed by atoms with Gasteiger partial charge in [-0.05, 0) is 80.5 Å². The summed E-state index contributed by atoms with van der Waals surface area (Å²) in [6, 6.07) is 17.3. The number of ether oxygens (including phenoxy) is 1. The molecule has 192 valence electrons. The second-order valence-electron chi connectivity index (χ2n) is 9.84. The number of carbonyl (C=O) groups excluding carboxylic acids is 2. The van der Waals surface area contributed by atoms with Gasteiger partial charge in [-0.2, -0.15) is 0 Å². The molecule has 0 bridgehead atoms. The average molecular weight is 499 g/mol. The van der Waals surface area contributed by atoms with E-state index in [4.69, 9.17) is 15.5 Å². The second kappa shape index (κ2) is 11.0. The number of nitrogens with zero attached hydrogens (tertiary/aromatic N) is 3. The molecule has 1 fully saturated rings. The van der Waals surface area contributed by atoms with Gasteiger partial charge in [0.2, 0.25) is 5.91 Å². The van der Waals surface area contributed by atoms with Crippen molar-refractivity contribution in [2.75, 3.05) is 13.1 Å². The van der Waals surface area contributed by atoms with E-state index in [0.717, 1.165) is 68.9 Å². The minimum absolute atomic E-state index is 0.100. The van der Waals surface area contributed by atoms with Crippen molar-refractivity contribution in [3.05, 3.63) is 78.3 Å². The number of benzene rings is 2. The molecule has 2 aromatic carbocycles. The Labute approximate surface area is 217 Å². The molecule has 0 spiro atoms. The quantitative estimate of drug-likeness (QED) is 0.434. The maximum Gasteiger partial charge on any atom is 0.267 e. The van der Waals surface area contributed by atoms with Crippen LogP contribution >= 0.6 is 0 Å².